The lowest BCUT2D eigenvalue weighted by atomic mass is 10.1. The minimum absolute atomic E-state index is 0.0226. The maximum atomic E-state index is 13.0. The molecule has 8 heteroatoms. The smallest absolute Gasteiger partial charge is 0.257 e. The number of hydrogen-bond acceptors (Lipinski definition) is 3. The Balaban J connectivity index is 1.46. The number of amides is 2. The highest BCUT2D eigenvalue weighted by Gasteiger charge is 2.30. The van der Waals surface area contributed by atoms with Crippen molar-refractivity contribution in [2.24, 2.45) is 5.92 Å². The lowest BCUT2D eigenvalue weighted by Crippen LogP contribution is -2.34. The molecule has 0 unspecified atom stereocenters. The summed E-state index contributed by atoms with van der Waals surface area (Å²) >= 11 is 11.8. The fourth-order valence-corrected chi connectivity index (χ4v) is 3.30. The van der Waals surface area contributed by atoms with Gasteiger partial charge < -0.3 is 15.0 Å². The molecular formula is C19H17Cl2FN2O3. The van der Waals surface area contributed by atoms with E-state index in [2.05, 4.69) is 5.32 Å². The van der Waals surface area contributed by atoms with Crippen molar-refractivity contribution < 1.29 is 18.7 Å². The Morgan fingerprint density at radius 2 is 1.96 bits per heavy atom. The van der Waals surface area contributed by atoms with E-state index < -0.39 is 0 Å². The van der Waals surface area contributed by atoms with Crippen LogP contribution in [0.15, 0.2) is 42.5 Å². The molecule has 2 aromatic carbocycles. The van der Waals surface area contributed by atoms with Gasteiger partial charge in [-0.25, -0.2) is 4.39 Å². The number of hydrogen-bond donors (Lipinski definition) is 1. The summed E-state index contributed by atoms with van der Waals surface area (Å²) in [5.74, 6) is -0.367. The van der Waals surface area contributed by atoms with Crippen molar-refractivity contribution in [2.45, 2.75) is 6.42 Å². The van der Waals surface area contributed by atoms with E-state index in [9.17, 15) is 14.0 Å². The van der Waals surface area contributed by atoms with Crippen molar-refractivity contribution in [1.82, 2.24) is 5.32 Å². The first-order valence-corrected chi connectivity index (χ1v) is 9.08. The van der Waals surface area contributed by atoms with Gasteiger partial charge in [-0.15, -0.1) is 0 Å². The summed E-state index contributed by atoms with van der Waals surface area (Å²) in [6.07, 6.45) is 0.321. The third-order valence-electron chi connectivity index (χ3n) is 4.18. The molecular weight excluding hydrogens is 394 g/mol. The van der Waals surface area contributed by atoms with E-state index >= 15 is 0 Å². The zero-order chi connectivity index (χ0) is 19.4. The minimum atomic E-state index is -0.352. The third-order valence-corrected chi connectivity index (χ3v) is 4.71. The monoisotopic (exact) mass is 410 g/mol. The molecule has 0 aliphatic carbocycles. The van der Waals surface area contributed by atoms with E-state index in [1.807, 2.05) is 0 Å². The predicted molar refractivity (Wildman–Crippen MR) is 102 cm³/mol. The average molecular weight is 411 g/mol. The average Bonchev–Trinajstić information content (AvgIpc) is 3.00. The molecule has 27 heavy (non-hydrogen) atoms. The van der Waals surface area contributed by atoms with Crippen LogP contribution in [0.1, 0.15) is 6.42 Å². The van der Waals surface area contributed by atoms with Crippen LogP contribution in [-0.4, -0.2) is 31.5 Å². The molecule has 2 aromatic rings. The summed E-state index contributed by atoms with van der Waals surface area (Å²) in [6.45, 7) is 0.623. The largest absolute Gasteiger partial charge is 0.482 e. The summed E-state index contributed by atoms with van der Waals surface area (Å²) in [6, 6.07) is 10.5. The van der Waals surface area contributed by atoms with Crippen LogP contribution in [0.3, 0.4) is 0 Å². The van der Waals surface area contributed by atoms with Crippen molar-refractivity contribution in [3.05, 3.63) is 58.3 Å². The lowest BCUT2D eigenvalue weighted by Gasteiger charge is -2.17. The van der Waals surface area contributed by atoms with Gasteiger partial charge in [0.25, 0.3) is 5.91 Å². The van der Waals surface area contributed by atoms with E-state index in [0.717, 1.165) is 0 Å². The van der Waals surface area contributed by atoms with Gasteiger partial charge in [0.05, 0.1) is 5.02 Å². The highest BCUT2D eigenvalue weighted by molar-refractivity contribution is 6.35. The number of halogens is 3. The van der Waals surface area contributed by atoms with Crippen molar-refractivity contribution in [1.29, 1.82) is 0 Å². The van der Waals surface area contributed by atoms with Crippen LogP contribution in [0, 0.1) is 11.7 Å². The Kier molecular flexibility index (Phi) is 6.19. The molecule has 1 heterocycles. The number of nitrogens with one attached hydrogen (secondary N) is 1. The summed E-state index contributed by atoms with van der Waals surface area (Å²) in [5.41, 5.74) is 0.649. The van der Waals surface area contributed by atoms with Crippen molar-refractivity contribution >= 4 is 40.7 Å². The lowest BCUT2D eigenvalue weighted by molar-refractivity contribution is -0.123. The zero-order valence-electron chi connectivity index (χ0n) is 14.3. The fourth-order valence-electron chi connectivity index (χ4n) is 2.83. The van der Waals surface area contributed by atoms with E-state index in [0.29, 0.717) is 41.0 Å². The molecule has 1 aliphatic rings. The highest BCUT2D eigenvalue weighted by Crippen LogP contribution is 2.27. The molecule has 1 fully saturated rings. The summed E-state index contributed by atoms with van der Waals surface area (Å²) in [4.78, 5) is 25.7. The Labute approximate surface area is 166 Å². The maximum Gasteiger partial charge on any atom is 0.257 e. The van der Waals surface area contributed by atoms with Crippen molar-refractivity contribution in [3.8, 4) is 5.75 Å². The van der Waals surface area contributed by atoms with Gasteiger partial charge in [0, 0.05) is 36.1 Å². The second kappa shape index (κ2) is 8.59. The second-order valence-electron chi connectivity index (χ2n) is 6.22. The number of anilines is 1. The molecule has 1 aliphatic heterocycles. The molecule has 2 amide bonds. The summed E-state index contributed by atoms with van der Waals surface area (Å²) in [5, 5.41) is 3.56. The Hall–Kier alpha value is -2.31. The summed E-state index contributed by atoms with van der Waals surface area (Å²) in [7, 11) is 0. The number of nitrogens with zero attached hydrogens (tertiary/aromatic N) is 1. The molecule has 0 radical (unpaired) electrons. The van der Waals surface area contributed by atoms with E-state index in [1.165, 1.54) is 18.2 Å². The number of carbonyl (C=O) groups is 2. The molecule has 1 N–H and O–H groups in total. The SMILES string of the molecule is O=C(COc1ccc(Cl)cc1Cl)NC[C@@H]1CC(=O)N(c2ccc(F)cc2)C1. The van der Waals surface area contributed by atoms with Crippen LogP contribution in [0.4, 0.5) is 10.1 Å². The number of ether oxygens (including phenoxy) is 1. The van der Waals surface area contributed by atoms with Gasteiger partial charge in [0.15, 0.2) is 6.61 Å². The Bertz CT molecular complexity index is 845. The van der Waals surface area contributed by atoms with Gasteiger partial charge in [-0.05, 0) is 42.5 Å². The highest BCUT2D eigenvalue weighted by atomic mass is 35.5. The molecule has 0 saturated carbocycles. The fraction of sp³-hybridized carbons (Fsp3) is 0.263. The van der Waals surface area contributed by atoms with Crippen LogP contribution in [0.25, 0.3) is 0 Å². The molecule has 0 bridgehead atoms. The number of rotatable bonds is 6. The van der Waals surface area contributed by atoms with Crippen LogP contribution < -0.4 is 15.0 Å². The van der Waals surface area contributed by atoms with E-state index in [1.54, 1.807) is 29.2 Å². The van der Waals surface area contributed by atoms with Crippen LogP contribution in [0.5, 0.6) is 5.75 Å². The predicted octanol–water partition coefficient (Wildman–Crippen LogP) is 3.68. The minimum Gasteiger partial charge on any atom is -0.482 e. The first-order chi connectivity index (χ1) is 12.9. The van der Waals surface area contributed by atoms with E-state index in [4.69, 9.17) is 27.9 Å². The number of benzene rings is 2. The molecule has 0 spiro atoms. The first kappa shape index (κ1) is 19.5. The molecule has 1 saturated heterocycles. The topological polar surface area (TPSA) is 58.6 Å². The van der Waals surface area contributed by atoms with Gasteiger partial charge in [-0.2, -0.15) is 0 Å². The second-order valence-corrected chi connectivity index (χ2v) is 7.06. The molecule has 142 valence electrons. The molecule has 5 nitrogen and oxygen atoms in total. The molecule has 0 aromatic heterocycles. The van der Waals surface area contributed by atoms with Gasteiger partial charge in [0.1, 0.15) is 11.6 Å². The van der Waals surface area contributed by atoms with Crippen LogP contribution >= 0.6 is 23.2 Å². The molecule has 3 rings (SSSR count). The Morgan fingerprint density at radius 1 is 1.22 bits per heavy atom. The van der Waals surface area contributed by atoms with Crippen molar-refractivity contribution in [2.75, 3.05) is 24.6 Å². The van der Waals surface area contributed by atoms with Gasteiger partial charge >= 0.3 is 0 Å². The normalized spacial score (nSPS) is 16.5. The van der Waals surface area contributed by atoms with Gasteiger partial charge in [0.2, 0.25) is 5.91 Å². The Morgan fingerprint density at radius 3 is 2.67 bits per heavy atom. The summed E-state index contributed by atoms with van der Waals surface area (Å²) < 4.78 is 18.4. The van der Waals surface area contributed by atoms with Gasteiger partial charge in [-0.3, -0.25) is 9.59 Å². The van der Waals surface area contributed by atoms with E-state index in [-0.39, 0.29) is 30.2 Å². The first-order valence-electron chi connectivity index (χ1n) is 8.33. The van der Waals surface area contributed by atoms with Gasteiger partial charge in [-0.1, -0.05) is 23.2 Å². The third kappa shape index (κ3) is 5.11. The van der Waals surface area contributed by atoms with Crippen LogP contribution in [-0.2, 0) is 9.59 Å². The molecule has 1 atom stereocenters. The quantitative estimate of drug-likeness (QED) is 0.789. The zero-order valence-corrected chi connectivity index (χ0v) is 15.8. The standard InChI is InChI=1S/C19H17Cl2FN2O3/c20-13-1-6-17(16(21)8-13)27-11-18(25)23-9-12-7-19(26)24(10-12)15-4-2-14(22)3-5-15/h1-6,8,12H,7,9-11H2,(H,23,25)/t12-/m0/s1. The van der Waals surface area contributed by atoms with Crippen LogP contribution in [0.2, 0.25) is 10.0 Å². The van der Waals surface area contributed by atoms with Crippen molar-refractivity contribution in [3.63, 3.8) is 0 Å². The number of carbonyl (C=O) groups excluding carboxylic acids is 2. The maximum absolute atomic E-state index is 13.0.